The average Bonchev–Trinajstić information content (AvgIpc) is 2.36. The van der Waals surface area contributed by atoms with Crippen LogP contribution in [0.25, 0.3) is 0 Å². The zero-order valence-electron chi connectivity index (χ0n) is 11.8. The molecule has 1 aromatic rings. The van der Waals surface area contributed by atoms with Crippen molar-refractivity contribution in [2.45, 2.75) is 20.3 Å². The maximum atomic E-state index is 13.2. The number of rotatable bonds is 8. The second-order valence-corrected chi connectivity index (χ2v) is 4.91. The summed E-state index contributed by atoms with van der Waals surface area (Å²) < 4.78 is 18.6. The first-order valence-corrected chi connectivity index (χ1v) is 6.56. The average molecular weight is 284 g/mol. The fraction of sp³-hybridized carbons (Fsp3) is 0.500. The van der Waals surface area contributed by atoms with Crippen molar-refractivity contribution >= 4 is 17.3 Å². The first-order chi connectivity index (χ1) is 9.43. The highest BCUT2D eigenvalue weighted by Gasteiger charge is 2.17. The van der Waals surface area contributed by atoms with Gasteiger partial charge in [0.05, 0.1) is 18.0 Å². The van der Waals surface area contributed by atoms with Crippen LogP contribution >= 0.6 is 0 Å². The molecule has 0 aliphatic heterocycles. The Morgan fingerprint density at radius 1 is 1.45 bits per heavy atom. The number of halogens is 1. The molecular weight excluding hydrogens is 263 g/mol. The van der Waals surface area contributed by atoms with Gasteiger partial charge in [-0.3, -0.25) is 0 Å². The molecule has 0 fully saturated rings. The van der Waals surface area contributed by atoms with Crippen molar-refractivity contribution in [1.82, 2.24) is 0 Å². The Bertz CT molecular complexity index is 464. The molecule has 0 radical (unpaired) electrons. The molecule has 1 aromatic carbocycles. The lowest BCUT2D eigenvalue weighted by atomic mass is 10.1. The van der Waals surface area contributed by atoms with Crippen LogP contribution in [0.3, 0.4) is 0 Å². The van der Waals surface area contributed by atoms with E-state index in [1.165, 1.54) is 6.07 Å². The van der Waals surface area contributed by atoms with Crippen LogP contribution in [-0.4, -0.2) is 30.8 Å². The van der Waals surface area contributed by atoms with Gasteiger partial charge in [0.25, 0.3) is 0 Å². The smallest absolute Gasteiger partial charge is 0.340 e. The van der Waals surface area contributed by atoms with Gasteiger partial charge in [0.1, 0.15) is 11.4 Å². The van der Waals surface area contributed by atoms with E-state index in [1.54, 1.807) is 0 Å². The fourth-order valence-corrected chi connectivity index (χ4v) is 1.65. The normalized spacial score (nSPS) is 10.8. The quantitative estimate of drug-likeness (QED) is 0.504. The second kappa shape index (κ2) is 7.69. The number of aromatic carboxylic acids is 1. The minimum Gasteiger partial charge on any atom is -0.478 e. The summed E-state index contributed by atoms with van der Waals surface area (Å²) in [6, 6.07) is 2.51. The number of hydrogen-bond donors (Lipinski definition) is 3. The van der Waals surface area contributed by atoms with Crippen molar-refractivity contribution in [3.05, 3.63) is 23.5 Å². The van der Waals surface area contributed by atoms with E-state index in [4.69, 9.17) is 15.6 Å². The van der Waals surface area contributed by atoms with Crippen molar-refractivity contribution in [1.29, 1.82) is 0 Å². The summed E-state index contributed by atoms with van der Waals surface area (Å²) in [5.41, 5.74) is 5.14. The van der Waals surface area contributed by atoms with Crippen molar-refractivity contribution < 1.29 is 19.0 Å². The number of anilines is 2. The van der Waals surface area contributed by atoms with E-state index in [1.807, 2.05) is 0 Å². The van der Waals surface area contributed by atoms with E-state index >= 15 is 0 Å². The Kier molecular flexibility index (Phi) is 6.24. The Morgan fingerprint density at radius 2 is 2.15 bits per heavy atom. The molecule has 20 heavy (non-hydrogen) atoms. The summed E-state index contributed by atoms with van der Waals surface area (Å²) in [5, 5.41) is 12.0. The van der Waals surface area contributed by atoms with Crippen LogP contribution in [0.2, 0.25) is 0 Å². The minimum absolute atomic E-state index is 0.243. The summed E-state index contributed by atoms with van der Waals surface area (Å²) in [4.78, 5) is 11.1. The van der Waals surface area contributed by atoms with E-state index in [2.05, 4.69) is 19.2 Å². The number of carboxylic acids is 1. The van der Waals surface area contributed by atoms with E-state index < -0.39 is 11.8 Å². The molecule has 6 heteroatoms. The van der Waals surface area contributed by atoms with Crippen molar-refractivity contribution in [3.63, 3.8) is 0 Å². The van der Waals surface area contributed by atoms with Gasteiger partial charge >= 0.3 is 5.97 Å². The molecule has 0 atom stereocenters. The molecule has 112 valence electrons. The van der Waals surface area contributed by atoms with Crippen LogP contribution in [0.5, 0.6) is 0 Å². The number of nitrogens with two attached hydrogens (primary N) is 1. The number of carbonyl (C=O) groups is 1. The minimum atomic E-state index is -1.26. The molecule has 5 nitrogen and oxygen atoms in total. The van der Waals surface area contributed by atoms with Crippen LogP contribution in [-0.2, 0) is 4.74 Å². The van der Waals surface area contributed by atoms with Crippen LogP contribution in [0, 0.1) is 11.7 Å². The largest absolute Gasteiger partial charge is 0.478 e. The zero-order valence-corrected chi connectivity index (χ0v) is 11.8. The molecule has 1 rings (SSSR count). The summed E-state index contributed by atoms with van der Waals surface area (Å²) in [5.74, 6) is -1.41. The molecule has 0 saturated heterocycles. The Hall–Kier alpha value is -1.82. The van der Waals surface area contributed by atoms with E-state index in [9.17, 15) is 9.18 Å². The van der Waals surface area contributed by atoms with Crippen LogP contribution in [0.1, 0.15) is 30.6 Å². The zero-order chi connectivity index (χ0) is 15.1. The SMILES string of the molecule is CC(C)CCOCCNc1ccc(F)c(N)c1C(=O)O. The molecule has 0 heterocycles. The molecule has 0 bridgehead atoms. The highest BCUT2D eigenvalue weighted by molar-refractivity contribution is 6.00. The highest BCUT2D eigenvalue weighted by Crippen LogP contribution is 2.24. The first-order valence-electron chi connectivity index (χ1n) is 6.56. The number of carboxylic acid groups (broad SMARTS) is 1. The molecule has 0 spiro atoms. The Balaban J connectivity index is 2.52. The maximum Gasteiger partial charge on any atom is 0.340 e. The van der Waals surface area contributed by atoms with Crippen molar-refractivity contribution in [2.75, 3.05) is 30.8 Å². The molecule has 4 N–H and O–H groups in total. The Labute approximate surface area is 117 Å². The lowest BCUT2D eigenvalue weighted by Gasteiger charge is -2.12. The molecule has 0 amide bonds. The van der Waals surface area contributed by atoms with Crippen LogP contribution in [0.4, 0.5) is 15.8 Å². The molecule has 0 aliphatic rings. The summed E-state index contributed by atoms with van der Waals surface area (Å²) in [6.07, 6.45) is 0.976. The molecular formula is C14H21FN2O3. The summed E-state index contributed by atoms with van der Waals surface area (Å²) in [7, 11) is 0. The number of ether oxygens (including phenoxy) is 1. The van der Waals surface area contributed by atoms with Crippen LogP contribution < -0.4 is 11.1 Å². The number of benzene rings is 1. The number of nitrogens with one attached hydrogen (secondary N) is 1. The van der Waals surface area contributed by atoms with Gasteiger partial charge in [-0.2, -0.15) is 0 Å². The van der Waals surface area contributed by atoms with Gasteiger partial charge in [-0.05, 0) is 24.5 Å². The summed E-state index contributed by atoms with van der Waals surface area (Å²) >= 11 is 0. The maximum absolute atomic E-state index is 13.2. The standard InChI is InChI=1S/C14H21FN2O3/c1-9(2)5-7-20-8-6-17-11-4-3-10(15)13(16)12(11)14(18)19/h3-4,9,17H,5-8,16H2,1-2H3,(H,18,19). The van der Waals surface area contributed by atoms with Gasteiger partial charge < -0.3 is 20.9 Å². The number of hydrogen-bond acceptors (Lipinski definition) is 4. The van der Waals surface area contributed by atoms with Gasteiger partial charge in [0, 0.05) is 13.2 Å². The van der Waals surface area contributed by atoms with Gasteiger partial charge in [0.2, 0.25) is 0 Å². The predicted octanol–water partition coefficient (Wildman–Crippen LogP) is 2.58. The molecule has 0 saturated carbocycles. The molecule has 0 unspecified atom stereocenters. The Morgan fingerprint density at radius 3 is 2.75 bits per heavy atom. The first kappa shape index (κ1) is 16.2. The lowest BCUT2D eigenvalue weighted by Crippen LogP contribution is -2.15. The van der Waals surface area contributed by atoms with Gasteiger partial charge in [-0.25, -0.2) is 9.18 Å². The third kappa shape index (κ3) is 4.70. The van der Waals surface area contributed by atoms with E-state index in [0.29, 0.717) is 31.4 Å². The topological polar surface area (TPSA) is 84.6 Å². The van der Waals surface area contributed by atoms with Gasteiger partial charge in [-0.15, -0.1) is 0 Å². The third-order valence-electron chi connectivity index (χ3n) is 2.81. The highest BCUT2D eigenvalue weighted by atomic mass is 19.1. The predicted molar refractivity (Wildman–Crippen MR) is 76.5 cm³/mol. The second-order valence-electron chi connectivity index (χ2n) is 4.91. The van der Waals surface area contributed by atoms with Gasteiger partial charge in [0.15, 0.2) is 0 Å². The number of nitrogen functional groups attached to an aromatic ring is 1. The summed E-state index contributed by atoms with van der Waals surface area (Å²) in [6.45, 7) is 5.77. The van der Waals surface area contributed by atoms with E-state index in [-0.39, 0.29) is 11.3 Å². The van der Waals surface area contributed by atoms with Gasteiger partial charge in [-0.1, -0.05) is 13.8 Å². The molecule has 0 aliphatic carbocycles. The van der Waals surface area contributed by atoms with Crippen molar-refractivity contribution in [2.24, 2.45) is 5.92 Å². The molecule has 0 aromatic heterocycles. The van der Waals surface area contributed by atoms with Crippen molar-refractivity contribution in [3.8, 4) is 0 Å². The lowest BCUT2D eigenvalue weighted by molar-refractivity contribution is 0.0698. The monoisotopic (exact) mass is 284 g/mol. The fourth-order valence-electron chi connectivity index (χ4n) is 1.65. The van der Waals surface area contributed by atoms with E-state index in [0.717, 1.165) is 12.5 Å². The van der Waals surface area contributed by atoms with Crippen LogP contribution in [0.15, 0.2) is 12.1 Å². The third-order valence-corrected chi connectivity index (χ3v) is 2.81.